The SMILES string of the molecule is CCC1C=CC(=O)N1c1cc(C(F)(F)F)ccn1. The summed E-state index contributed by atoms with van der Waals surface area (Å²) in [6, 6.07) is 1.56. The van der Waals surface area contributed by atoms with Gasteiger partial charge < -0.3 is 0 Å². The molecule has 6 heteroatoms. The van der Waals surface area contributed by atoms with E-state index in [-0.39, 0.29) is 17.8 Å². The Labute approximate surface area is 102 Å². The van der Waals surface area contributed by atoms with Gasteiger partial charge in [0, 0.05) is 12.3 Å². The van der Waals surface area contributed by atoms with Crippen LogP contribution in [-0.2, 0) is 11.0 Å². The van der Waals surface area contributed by atoms with Gasteiger partial charge in [0.15, 0.2) is 0 Å². The third-order valence-electron chi connectivity index (χ3n) is 2.77. The molecule has 1 aliphatic rings. The van der Waals surface area contributed by atoms with Gasteiger partial charge in [0.05, 0.1) is 11.6 Å². The Bertz CT molecular complexity index is 496. The Balaban J connectivity index is 2.37. The molecule has 96 valence electrons. The predicted octanol–water partition coefficient (Wildman–Crippen LogP) is 2.78. The summed E-state index contributed by atoms with van der Waals surface area (Å²) in [4.78, 5) is 16.7. The van der Waals surface area contributed by atoms with Gasteiger partial charge in [0.2, 0.25) is 0 Å². The fourth-order valence-electron chi connectivity index (χ4n) is 1.85. The number of hydrogen-bond acceptors (Lipinski definition) is 2. The lowest BCUT2D eigenvalue weighted by atomic mass is 10.2. The van der Waals surface area contributed by atoms with Crippen LogP contribution in [0.15, 0.2) is 30.5 Å². The third-order valence-corrected chi connectivity index (χ3v) is 2.77. The predicted molar refractivity (Wildman–Crippen MR) is 59.9 cm³/mol. The highest BCUT2D eigenvalue weighted by Gasteiger charge is 2.33. The fraction of sp³-hybridized carbons (Fsp3) is 0.333. The van der Waals surface area contributed by atoms with Crippen molar-refractivity contribution >= 4 is 11.7 Å². The molecule has 0 saturated carbocycles. The van der Waals surface area contributed by atoms with Gasteiger partial charge in [-0.1, -0.05) is 13.0 Å². The first-order chi connectivity index (χ1) is 8.43. The standard InChI is InChI=1S/C12H11F3N2O/c1-2-9-3-4-11(18)17(9)10-7-8(5-6-16-10)12(13,14)15/h3-7,9H,2H2,1H3. The molecule has 0 aliphatic carbocycles. The van der Waals surface area contributed by atoms with E-state index >= 15 is 0 Å². The maximum atomic E-state index is 12.6. The first kappa shape index (κ1) is 12.6. The molecular weight excluding hydrogens is 245 g/mol. The van der Waals surface area contributed by atoms with Crippen LogP contribution < -0.4 is 4.90 Å². The Kier molecular flexibility index (Phi) is 3.11. The van der Waals surface area contributed by atoms with Crippen molar-refractivity contribution in [2.24, 2.45) is 0 Å². The lowest BCUT2D eigenvalue weighted by Gasteiger charge is -2.23. The summed E-state index contributed by atoms with van der Waals surface area (Å²) < 4.78 is 37.8. The Morgan fingerprint density at radius 2 is 2.17 bits per heavy atom. The van der Waals surface area contributed by atoms with E-state index in [9.17, 15) is 18.0 Å². The van der Waals surface area contributed by atoms with Crippen LogP contribution in [0, 0.1) is 0 Å². The number of aromatic nitrogens is 1. The van der Waals surface area contributed by atoms with Crippen LogP contribution in [-0.4, -0.2) is 16.9 Å². The second-order valence-electron chi connectivity index (χ2n) is 3.94. The number of rotatable bonds is 2. The zero-order chi connectivity index (χ0) is 13.3. The summed E-state index contributed by atoms with van der Waals surface area (Å²) in [5, 5.41) is 0. The van der Waals surface area contributed by atoms with E-state index in [0.29, 0.717) is 6.42 Å². The van der Waals surface area contributed by atoms with Gasteiger partial charge >= 0.3 is 6.18 Å². The maximum Gasteiger partial charge on any atom is 0.416 e. The Hall–Kier alpha value is -1.85. The highest BCUT2D eigenvalue weighted by Crippen LogP contribution is 2.32. The molecule has 0 saturated heterocycles. The van der Waals surface area contributed by atoms with E-state index < -0.39 is 11.7 Å². The molecular formula is C12H11F3N2O. The average molecular weight is 256 g/mol. The van der Waals surface area contributed by atoms with Gasteiger partial charge in [-0.05, 0) is 18.6 Å². The highest BCUT2D eigenvalue weighted by atomic mass is 19.4. The summed E-state index contributed by atoms with van der Waals surface area (Å²) in [7, 11) is 0. The van der Waals surface area contributed by atoms with Crippen LogP contribution in [0.4, 0.5) is 19.0 Å². The molecule has 1 atom stereocenters. The maximum absolute atomic E-state index is 12.6. The number of alkyl halides is 3. The van der Waals surface area contributed by atoms with Crippen LogP contribution >= 0.6 is 0 Å². The minimum Gasteiger partial charge on any atom is -0.286 e. The van der Waals surface area contributed by atoms with Crippen LogP contribution in [0.5, 0.6) is 0 Å². The zero-order valence-corrected chi connectivity index (χ0v) is 9.61. The molecule has 1 aliphatic heterocycles. The second kappa shape index (κ2) is 4.44. The van der Waals surface area contributed by atoms with Crippen LogP contribution in [0.25, 0.3) is 0 Å². The number of carbonyl (C=O) groups is 1. The number of halogens is 3. The molecule has 2 heterocycles. The lowest BCUT2D eigenvalue weighted by Crippen LogP contribution is -2.34. The van der Waals surface area contributed by atoms with Crippen molar-refractivity contribution in [2.45, 2.75) is 25.6 Å². The minimum absolute atomic E-state index is 0.0340. The highest BCUT2D eigenvalue weighted by molar-refractivity contribution is 6.04. The number of pyridine rings is 1. The first-order valence-electron chi connectivity index (χ1n) is 5.48. The first-order valence-corrected chi connectivity index (χ1v) is 5.48. The molecule has 1 aromatic heterocycles. The van der Waals surface area contributed by atoms with Crippen molar-refractivity contribution in [3.05, 3.63) is 36.0 Å². The molecule has 0 spiro atoms. The largest absolute Gasteiger partial charge is 0.416 e. The average Bonchev–Trinajstić information content (AvgIpc) is 2.69. The van der Waals surface area contributed by atoms with E-state index in [2.05, 4.69) is 4.98 Å². The quantitative estimate of drug-likeness (QED) is 0.815. The number of nitrogens with zero attached hydrogens (tertiary/aromatic N) is 2. The van der Waals surface area contributed by atoms with Crippen LogP contribution in [0.1, 0.15) is 18.9 Å². The van der Waals surface area contributed by atoms with E-state index in [1.807, 2.05) is 6.92 Å². The third kappa shape index (κ3) is 2.23. The van der Waals surface area contributed by atoms with Gasteiger partial charge in [-0.15, -0.1) is 0 Å². The zero-order valence-electron chi connectivity index (χ0n) is 9.61. The summed E-state index contributed by atoms with van der Waals surface area (Å²) in [6.07, 6.45) is 0.284. The van der Waals surface area contributed by atoms with Gasteiger partial charge in [-0.2, -0.15) is 13.2 Å². The van der Waals surface area contributed by atoms with E-state index in [0.717, 1.165) is 18.3 Å². The second-order valence-corrected chi connectivity index (χ2v) is 3.94. The molecule has 0 N–H and O–H groups in total. The van der Waals surface area contributed by atoms with Crippen LogP contribution in [0.2, 0.25) is 0 Å². The molecule has 18 heavy (non-hydrogen) atoms. The van der Waals surface area contributed by atoms with Crippen molar-refractivity contribution in [3.8, 4) is 0 Å². The summed E-state index contributed by atoms with van der Waals surface area (Å²) >= 11 is 0. The topological polar surface area (TPSA) is 33.2 Å². The monoisotopic (exact) mass is 256 g/mol. The molecule has 0 fully saturated rings. The lowest BCUT2D eigenvalue weighted by molar-refractivity contribution is -0.137. The number of hydrogen-bond donors (Lipinski definition) is 0. The smallest absolute Gasteiger partial charge is 0.286 e. The molecule has 0 aromatic carbocycles. The summed E-state index contributed by atoms with van der Waals surface area (Å²) in [6.45, 7) is 1.86. The molecule has 1 amide bonds. The van der Waals surface area contributed by atoms with Crippen molar-refractivity contribution in [3.63, 3.8) is 0 Å². The van der Waals surface area contributed by atoms with E-state index in [1.54, 1.807) is 6.08 Å². The van der Waals surface area contributed by atoms with E-state index in [4.69, 9.17) is 0 Å². The fourth-order valence-corrected chi connectivity index (χ4v) is 1.85. The van der Waals surface area contributed by atoms with Gasteiger partial charge in [-0.25, -0.2) is 4.98 Å². The molecule has 0 radical (unpaired) electrons. The van der Waals surface area contributed by atoms with Gasteiger partial charge in [-0.3, -0.25) is 9.69 Å². The van der Waals surface area contributed by atoms with Crippen LogP contribution in [0.3, 0.4) is 0 Å². The van der Waals surface area contributed by atoms with Gasteiger partial charge in [0.1, 0.15) is 5.82 Å². The van der Waals surface area contributed by atoms with Crippen molar-refractivity contribution in [1.82, 2.24) is 4.98 Å². The Morgan fingerprint density at radius 3 is 2.78 bits per heavy atom. The van der Waals surface area contributed by atoms with E-state index in [1.165, 1.54) is 11.0 Å². The van der Waals surface area contributed by atoms with Crippen molar-refractivity contribution in [2.75, 3.05) is 4.90 Å². The minimum atomic E-state index is -4.43. The van der Waals surface area contributed by atoms with Crippen molar-refractivity contribution in [1.29, 1.82) is 0 Å². The molecule has 3 nitrogen and oxygen atoms in total. The molecule has 1 aromatic rings. The normalized spacial score (nSPS) is 19.7. The van der Waals surface area contributed by atoms with Crippen molar-refractivity contribution < 1.29 is 18.0 Å². The summed E-state index contributed by atoms with van der Waals surface area (Å²) in [5.41, 5.74) is -0.804. The molecule has 2 rings (SSSR count). The molecule has 0 bridgehead atoms. The Morgan fingerprint density at radius 1 is 1.44 bits per heavy atom. The number of carbonyl (C=O) groups excluding carboxylic acids is 1. The summed E-state index contributed by atoms with van der Waals surface area (Å²) in [5.74, 6) is -0.305. The van der Waals surface area contributed by atoms with Gasteiger partial charge in [0.25, 0.3) is 5.91 Å². The number of anilines is 1. The molecule has 1 unspecified atom stereocenters. The number of amides is 1.